The van der Waals surface area contributed by atoms with Crippen LogP contribution in [0.15, 0.2) is 23.1 Å². The van der Waals surface area contributed by atoms with Gasteiger partial charge in [0.25, 0.3) is 5.69 Å². The zero-order valence-electron chi connectivity index (χ0n) is 10.9. The lowest BCUT2D eigenvalue weighted by atomic mass is 10.2. The van der Waals surface area contributed by atoms with Gasteiger partial charge in [-0.2, -0.15) is 0 Å². The summed E-state index contributed by atoms with van der Waals surface area (Å²) >= 11 is 0. The number of benzene rings is 1. The Labute approximate surface area is 111 Å². The van der Waals surface area contributed by atoms with E-state index in [-0.39, 0.29) is 17.2 Å². The zero-order valence-corrected chi connectivity index (χ0v) is 11.7. The normalized spacial score (nSPS) is 13.2. The van der Waals surface area contributed by atoms with Gasteiger partial charge in [0.05, 0.1) is 16.4 Å². The summed E-state index contributed by atoms with van der Waals surface area (Å²) in [4.78, 5) is 10.1. The summed E-state index contributed by atoms with van der Waals surface area (Å²) in [5, 5.41) is 10.8. The van der Waals surface area contributed by atoms with Crippen LogP contribution in [0, 0.1) is 17.0 Å². The molecule has 0 spiro atoms. The van der Waals surface area contributed by atoms with Crippen LogP contribution in [0.3, 0.4) is 0 Å². The Morgan fingerprint density at radius 1 is 1.47 bits per heavy atom. The number of aryl methyl sites for hydroxylation is 1. The first kappa shape index (κ1) is 15.5. The van der Waals surface area contributed by atoms with Gasteiger partial charge >= 0.3 is 0 Å². The van der Waals surface area contributed by atoms with E-state index in [0.29, 0.717) is 5.56 Å². The Kier molecular flexibility index (Phi) is 4.98. The van der Waals surface area contributed by atoms with Crippen LogP contribution >= 0.6 is 0 Å². The minimum absolute atomic E-state index is 0.132. The van der Waals surface area contributed by atoms with E-state index in [1.165, 1.54) is 19.2 Å². The molecule has 7 nitrogen and oxygen atoms in total. The van der Waals surface area contributed by atoms with Crippen LogP contribution in [-0.4, -0.2) is 33.1 Å². The van der Waals surface area contributed by atoms with E-state index in [4.69, 9.17) is 4.74 Å². The van der Waals surface area contributed by atoms with Crippen molar-refractivity contribution in [2.75, 3.05) is 13.7 Å². The maximum atomic E-state index is 12.0. The highest BCUT2D eigenvalue weighted by atomic mass is 32.2. The highest BCUT2D eigenvalue weighted by Crippen LogP contribution is 2.22. The number of nitro benzene ring substituents is 1. The number of nitrogens with zero attached hydrogens (tertiary/aromatic N) is 1. The van der Waals surface area contributed by atoms with Crippen LogP contribution in [0.1, 0.15) is 12.5 Å². The lowest BCUT2D eigenvalue weighted by Gasteiger charge is -2.13. The first-order valence-corrected chi connectivity index (χ1v) is 7.02. The van der Waals surface area contributed by atoms with Crippen LogP contribution in [0.25, 0.3) is 0 Å². The maximum absolute atomic E-state index is 12.0. The number of methoxy groups -OCH3 is 1. The van der Waals surface area contributed by atoms with E-state index in [1.54, 1.807) is 13.8 Å². The average Bonchev–Trinajstić information content (AvgIpc) is 2.28. The second kappa shape index (κ2) is 6.09. The molecule has 0 bridgehead atoms. The van der Waals surface area contributed by atoms with Crippen molar-refractivity contribution in [2.24, 2.45) is 0 Å². The molecule has 1 unspecified atom stereocenters. The summed E-state index contributed by atoms with van der Waals surface area (Å²) in [6, 6.07) is 3.38. The molecular weight excluding hydrogens is 272 g/mol. The smallest absolute Gasteiger partial charge is 0.273 e. The summed E-state index contributed by atoms with van der Waals surface area (Å²) < 4.78 is 31.2. The summed E-state index contributed by atoms with van der Waals surface area (Å²) in [7, 11) is -2.33. The third kappa shape index (κ3) is 3.98. The van der Waals surface area contributed by atoms with Gasteiger partial charge in [0.1, 0.15) is 0 Å². The Hall–Kier alpha value is -1.51. The predicted octanol–water partition coefficient (Wildman–Crippen LogP) is 1.22. The molecule has 0 heterocycles. The fourth-order valence-electron chi connectivity index (χ4n) is 1.57. The number of rotatable bonds is 6. The number of ether oxygens (including phenoxy) is 1. The van der Waals surface area contributed by atoms with E-state index < -0.39 is 21.0 Å². The molecule has 19 heavy (non-hydrogen) atoms. The molecular formula is C11H16N2O5S. The largest absolute Gasteiger partial charge is 0.383 e. The number of hydrogen-bond donors (Lipinski definition) is 1. The van der Waals surface area contributed by atoms with E-state index >= 15 is 0 Å². The highest BCUT2D eigenvalue weighted by Gasteiger charge is 2.21. The van der Waals surface area contributed by atoms with Crippen molar-refractivity contribution in [3.8, 4) is 0 Å². The fourth-order valence-corrected chi connectivity index (χ4v) is 2.82. The molecule has 0 amide bonds. The van der Waals surface area contributed by atoms with E-state index in [9.17, 15) is 18.5 Å². The molecule has 1 atom stereocenters. The molecule has 8 heteroatoms. The van der Waals surface area contributed by atoms with Crippen molar-refractivity contribution in [3.05, 3.63) is 33.9 Å². The second-order valence-corrected chi connectivity index (χ2v) is 5.90. The molecule has 0 fully saturated rings. The molecule has 1 rings (SSSR count). The van der Waals surface area contributed by atoms with Gasteiger partial charge < -0.3 is 4.74 Å². The standard InChI is InChI=1S/C11H16N2O5S/c1-8-4-5-10(6-11(8)13(14)15)19(16,17)12-9(2)7-18-3/h4-6,9,12H,7H2,1-3H3. The molecule has 0 aliphatic carbocycles. The van der Waals surface area contributed by atoms with Crippen LogP contribution in [-0.2, 0) is 14.8 Å². The number of hydrogen-bond acceptors (Lipinski definition) is 5. The van der Waals surface area contributed by atoms with Crippen molar-refractivity contribution >= 4 is 15.7 Å². The Bertz CT molecular complexity index is 570. The quantitative estimate of drug-likeness (QED) is 0.626. The Balaban J connectivity index is 3.08. The van der Waals surface area contributed by atoms with Gasteiger partial charge in [-0.1, -0.05) is 6.07 Å². The second-order valence-electron chi connectivity index (χ2n) is 4.18. The SMILES string of the molecule is COCC(C)NS(=O)(=O)c1ccc(C)c([N+](=O)[O-])c1. The molecule has 0 saturated carbocycles. The Morgan fingerprint density at radius 2 is 2.11 bits per heavy atom. The number of nitro groups is 1. The number of nitrogens with one attached hydrogen (secondary N) is 1. The van der Waals surface area contributed by atoms with Crippen molar-refractivity contribution in [2.45, 2.75) is 24.8 Å². The highest BCUT2D eigenvalue weighted by molar-refractivity contribution is 7.89. The molecule has 0 aliphatic rings. The van der Waals surface area contributed by atoms with Gasteiger partial charge in [0.2, 0.25) is 10.0 Å². The summed E-state index contributed by atoms with van der Waals surface area (Å²) in [5.74, 6) is 0. The molecule has 0 radical (unpaired) electrons. The van der Waals surface area contributed by atoms with E-state index in [2.05, 4.69) is 4.72 Å². The van der Waals surface area contributed by atoms with Crippen LogP contribution in [0.5, 0.6) is 0 Å². The molecule has 106 valence electrons. The number of sulfonamides is 1. The first-order valence-electron chi connectivity index (χ1n) is 5.54. The van der Waals surface area contributed by atoms with Crippen LogP contribution in [0.2, 0.25) is 0 Å². The van der Waals surface area contributed by atoms with Crippen molar-refractivity contribution < 1.29 is 18.1 Å². The Morgan fingerprint density at radius 3 is 2.63 bits per heavy atom. The third-order valence-electron chi connectivity index (χ3n) is 2.46. The van der Waals surface area contributed by atoms with Gasteiger partial charge in [-0.25, -0.2) is 13.1 Å². The van der Waals surface area contributed by atoms with Crippen molar-refractivity contribution in [1.82, 2.24) is 4.72 Å². The maximum Gasteiger partial charge on any atom is 0.273 e. The molecule has 1 aromatic rings. The first-order chi connectivity index (χ1) is 8.77. The van der Waals surface area contributed by atoms with E-state index in [0.717, 1.165) is 6.07 Å². The van der Waals surface area contributed by atoms with Gasteiger partial charge in [-0.3, -0.25) is 10.1 Å². The molecule has 1 aromatic carbocycles. The monoisotopic (exact) mass is 288 g/mol. The molecule has 1 N–H and O–H groups in total. The average molecular weight is 288 g/mol. The van der Waals surface area contributed by atoms with E-state index in [1.807, 2.05) is 0 Å². The topological polar surface area (TPSA) is 98.5 Å². The minimum Gasteiger partial charge on any atom is -0.383 e. The van der Waals surface area contributed by atoms with Crippen LogP contribution < -0.4 is 4.72 Å². The van der Waals surface area contributed by atoms with Gasteiger partial charge in [0.15, 0.2) is 0 Å². The predicted molar refractivity (Wildman–Crippen MR) is 69.5 cm³/mol. The molecule has 0 aromatic heterocycles. The molecule has 0 saturated heterocycles. The van der Waals surface area contributed by atoms with Crippen molar-refractivity contribution in [3.63, 3.8) is 0 Å². The van der Waals surface area contributed by atoms with Gasteiger partial charge in [0, 0.05) is 24.8 Å². The summed E-state index contributed by atoms with van der Waals surface area (Å²) in [6.45, 7) is 3.41. The van der Waals surface area contributed by atoms with Crippen molar-refractivity contribution in [1.29, 1.82) is 0 Å². The fraction of sp³-hybridized carbons (Fsp3) is 0.455. The van der Waals surface area contributed by atoms with Crippen LogP contribution in [0.4, 0.5) is 5.69 Å². The minimum atomic E-state index is -3.79. The lowest BCUT2D eigenvalue weighted by molar-refractivity contribution is -0.385. The van der Waals surface area contributed by atoms with Gasteiger partial charge in [-0.05, 0) is 19.9 Å². The van der Waals surface area contributed by atoms with Gasteiger partial charge in [-0.15, -0.1) is 0 Å². The summed E-state index contributed by atoms with van der Waals surface area (Å²) in [6.07, 6.45) is 0. The third-order valence-corrected chi connectivity index (χ3v) is 4.05. The lowest BCUT2D eigenvalue weighted by Crippen LogP contribution is -2.35. The molecule has 0 aliphatic heterocycles. The summed E-state index contributed by atoms with van der Waals surface area (Å²) in [5.41, 5.74) is 0.191. The zero-order chi connectivity index (χ0) is 14.6.